The number of carbonyl (C=O) groups excluding carboxylic acids is 4. The van der Waals surface area contributed by atoms with Crippen LogP contribution in [0.5, 0.6) is 5.75 Å². The van der Waals surface area contributed by atoms with Crippen molar-refractivity contribution in [2.75, 3.05) is 64.7 Å². The Bertz CT molecular complexity index is 2050. The Balaban J connectivity index is 0.000000946. The third kappa shape index (κ3) is 11.2. The molecule has 1 N–H and O–H groups in total. The second-order valence-electron chi connectivity index (χ2n) is 12.8. The molecular formula is C37H42F3N3O12S. The fourth-order valence-electron chi connectivity index (χ4n) is 5.63. The van der Waals surface area contributed by atoms with Crippen molar-refractivity contribution in [2.24, 2.45) is 4.99 Å². The number of alkyl halides is 3. The van der Waals surface area contributed by atoms with Crippen molar-refractivity contribution < 1.29 is 69.0 Å². The molecule has 0 atom stereocenters. The van der Waals surface area contributed by atoms with Gasteiger partial charge in [-0.3, -0.25) is 28.7 Å². The molecule has 0 radical (unpaired) electrons. The van der Waals surface area contributed by atoms with Crippen LogP contribution in [0.3, 0.4) is 0 Å². The Morgan fingerprint density at radius 1 is 0.875 bits per heavy atom. The van der Waals surface area contributed by atoms with E-state index in [0.29, 0.717) is 11.4 Å². The first kappa shape index (κ1) is 44.7. The Labute approximate surface area is 321 Å². The molecule has 0 unspecified atom stereocenters. The van der Waals surface area contributed by atoms with Crippen LogP contribution in [0.4, 0.5) is 24.5 Å². The molecule has 56 heavy (non-hydrogen) atoms. The topological polar surface area (TPSA) is 188 Å². The molecule has 2 aliphatic carbocycles. The number of hydrogen-bond acceptors (Lipinski definition) is 14. The van der Waals surface area contributed by atoms with Crippen LogP contribution in [0, 0.1) is 0 Å². The second kappa shape index (κ2) is 18.3. The van der Waals surface area contributed by atoms with Crippen molar-refractivity contribution in [1.29, 1.82) is 0 Å². The number of halogens is 3. The zero-order valence-corrected chi connectivity index (χ0v) is 32.7. The highest BCUT2D eigenvalue weighted by atomic mass is 32.2. The minimum atomic E-state index is -5.84. The average molecular weight is 810 g/mol. The normalized spacial score (nSPS) is 14.9. The minimum absolute atomic E-state index is 0.333. The Kier molecular flexibility index (Phi) is 14.6. The first-order valence-electron chi connectivity index (χ1n) is 16.5. The smallest absolute Gasteiger partial charge is 0.495 e. The summed E-state index contributed by atoms with van der Waals surface area (Å²) in [6, 6.07) is 11.9. The number of anilines is 2. The predicted octanol–water partition coefficient (Wildman–Crippen LogP) is 4.75. The molecule has 15 nitrogen and oxygen atoms in total. The number of allylic oxidation sites excluding steroid dienone is 5. The van der Waals surface area contributed by atoms with E-state index in [9.17, 15) is 32.3 Å². The standard InChI is InChI=1S/C36H41N3O9.CHF3O3S/c1-22(40)45-20-47-33(42)18-39(19-34(43)48-21-46-23(2)41)31-14-9-24(15-32(31)44-8)35-27-12-10-25(37-5)16-29(27)36(3,4)30-17-26(38(6)7)11-13-28(30)35;2-1(3,4)8(5,6)7/h9-17H,18-21H2,1-8H3;(H,5,6,7). The summed E-state index contributed by atoms with van der Waals surface area (Å²) >= 11 is 0. The van der Waals surface area contributed by atoms with E-state index in [4.69, 9.17) is 36.7 Å². The lowest BCUT2D eigenvalue weighted by atomic mass is 9.64. The van der Waals surface area contributed by atoms with Gasteiger partial charge < -0.3 is 33.5 Å². The Hall–Kier alpha value is -5.69. The molecule has 0 saturated carbocycles. The molecule has 0 heterocycles. The molecule has 2 aromatic rings. The predicted molar refractivity (Wildman–Crippen MR) is 199 cm³/mol. The third-order valence-corrected chi connectivity index (χ3v) is 8.96. The van der Waals surface area contributed by atoms with Crippen LogP contribution < -0.4 is 14.5 Å². The zero-order chi connectivity index (χ0) is 42.2. The summed E-state index contributed by atoms with van der Waals surface area (Å²) < 4.78 is 82.9. The van der Waals surface area contributed by atoms with Crippen LogP contribution in [0.2, 0.25) is 0 Å². The van der Waals surface area contributed by atoms with E-state index in [1.807, 2.05) is 32.3 Å². The molecule has 2 aliphatic rings. The van der Waals surface area contributed by atoms with Gasteiger partial charge in [-0.1, -0.05) is 32.1 Å². The number of benzene rings is 2. The molecule has 0 bridgehead atoms. The summed E-state index contributed by atoms with van der Waals surface area (Å²) in [7, 11) is 1.45. The molecule has 19 heteroatoms. The summed E-state index contributed by atoms with van der Waals surface area (Å²) in [6.45, 7) is 4.82. The summed E-state index contributed by atoms with van der Waals surface area (Å²) in [5.74, 6) is -2.39. The fraction of sp³-hybridized carbons (Fsp3) is 0.378. The highest BCUT2D eigenvalue weighted by molar-refractivity contribution is 7.86. The van der Waals surface area contributed by atoms with Crippen molar-refractivity contribution in [2.45, 2.75) is 38.6 Å². The zero-order valence-electron chi connectivity index (χ0n) is 31.8. The number of carbonyl (C=O) groups is 4. The summed E-state index contributed by atoms with van der Waals surface area (Å²) in [4.78, 5) is 55.7. The van der Waals surface area contributed by atoms with E-state index < -0.39 is 66.2 Å². The largest absolute Gasteiger partial charge is 0.522 e. The molecular weight excluding hydrogens is 767 g/mol. The molecule has 304 valence electrons. The molecule has 0 aliphatic heterocycles. The van der Waals surface area contributed by atoms with E-state index in [0.717, 1.165) is 44.8 Å². The first-order valence-corrected chi connectivity index (χ1v) is 17.9. The Morgan fingerprint density at radius 3 is 1.89 bits per heavy atom. The third-order valence-electron chi connectivity index (χ3n) is 8.37. The van der Waals surface area contributed by atoms with E-state index >= 15 is 0 Å². The van der Waals surface area contributed by atoms with Crippen LogP contribution in [-0.2, 0) is 53.7 Å². The van der Waals surface area contributed by atoms with Crippen molar-refractivity contribution in [3.8, 4) is 5.75 Å². The van der Waals surface area contributed by atoms with Crippen LogP contribution >= 0.6 is 0 Å². The lowest BCUT2D eigenvalue weighted by Crippen LogP contribution is -2.37. The summed E-state index contributed by atoms with van der Waals surface area (Å²) in [5, 5.41) is 0. The number of rotatable bonds is 12. The highest BCUT2D eigenvalue weighted by Crippen LogP contribution is 2.51. The number of fused-ring (bicyclic) bond motifs is 2. The molecule has 2 aromatic carbocycles. The van der Waals surface area contributed by atoms with Crippen molar-refractivity contribution in [3.05, 3.63) is 82.5 Å². The van der Waals surface area contributed by atoms with Crippen LogP contribution in [-0.4, -0.2) is 103 Å². The number of methoxy groups -OCH3 is 1. The van der Waals surface area contributed by atoms with Crippen molar-refractivity contribution in [3.63, 3.8) is 0 Å². The molecule has 0 saturated heterocycles. The van der Waals surface area contributed by atoms with Gasteiger partial charge in [-0.15, -0.1) is 0 Å². The number of aliphatic imine (C=N–C) groups is 1. The number of esters is 4. The van der Waals surface area contributed by atoms with Crippen LogP contribution in [0.25, 0.3) is 5.57 Å². The first-order chi connectivity index (χ1) is 26.0. The van der Waals surface area contributed by atoms with Gasteiger partial charge in [-0.2, -0.15) is 21.6 Å². The van der Waals surface area contributed by atoms with E-state index in [1.54, 1.807) is 13.1 Å². The van der Waals surface area contributed by atoms with Crippen LogP contribution in [0.1, 0.15) is 44.4 Å². The molecule has 0 fully saturated rings. The lowest BCUT2D eigenvalue weighted by molar-refractivity contribution is -0.165. The van der Waals surface area contributed by atoms with Gasteiger partial charge in [0, 0.05) is 46.1 Å². The van der Waals surface area contributed by atoms with Crippen molar-refractivity contribution >= 4 is 56.7 Å². The van der Waals surface area contributed by atoms with Gasteiger partial charge in [0.25, 0.3) is 0 Å². The number of nitrogens with zero attached hydrogens (tertiary/aromatic N) is 3. The maximum absolute atomic E-state index is 12.7. The quantitative estimate of drug-likeness (QED) is 0.134. The van der Waals surface area contributed by atoms with Crippen LogP contribution in [0.15, 0.2) is 70.8 Å². The summed E-state index contributed by atoms with van der Waals surface area (Å²) in [6.07, 6.45) is 6.20. The summed E-state index contributed by atoms with van der Waals surface area (Å²) in [5.41, 5.74) is 2.71. The SMILES string of the molecule is CN=C1C=CC2=C(c3ccc(N(CC(=O)OCOC(C)=O)CC(=O)OCOC(C)=O)c(OC)c3)c3ccc(N(C)C)cc3C(C)(C)C2=C1.O=S(=O)(O)C(F)(F)F. The molecule has 0 spiro atoms. The monoisotopic (exact) mass is 809 g/mol. The van der Waals surface area contributed by atoms with Gasteiger partial charge >= 0.3 is 39.5 Å². The lowest BCUT2D eigenvalue weighted by Gasteiger charge is -2.40. The van der Waals surface area contributed by atoms with Gasteiger partial charge in [-0.05, 0) is 69.8 Å². The van der Waals surface area contributed by atoms with E-state index in [-0.39, 0.29) is 5.41 Å². The molecule has 4 rings (SSSR count). The Morgan fingerprint density at radius 2 is 1.43 bits per heavy atom. The minimum Gasteiger partial charge on any atom is -0.495 e. The van der Waals surface area contributed by atoms with E-state index in [2.05, 4.69) is 54.1 Å². The number of ether oxygens (including phenoxy) is 5. The fourth-order valence-corrected chi connectivity index (χ4v) is 5.63. The number of hydrogen-bond donors (Lipinski definition) is 1. The average Bonchev–Trinajstić information content (AvgIpc) is 3.10. The van der Waals surface area contributed by atoms with E-state index in [1.165, 1.54) is 25.9 Å². The van der Waals surface area contributed by atoms with Gasteiger partial charge in [-0.25, -0.2) is 0 Å². The highest BCUT2D eigenvalue weighted by Gasteiger charge is 2.44. The van der Waals surface area contributed by atoms with Gasteiger partial charge in [0.15, 0.2) is 0 Å². The molecule has 0 aromatic heterocycles. The van der Waals surface area contributed by atoms with Crippen molar-refractivity contribution in [1.82, 2.24) is 0 Å². The van der Waals surface area contributed by atoms with Gasteiger partial charge in [0.05, 0.1) is 18.5 Å². The van der Waals surface area contributed by atoms with Gasteiger partial charge in [0.2, 0.25) is 13.6 Å². The maximum atomic E-state index is 12.7. The van der Waals surface area contributed by atoms with Gasteiger partial charge in [0.1, 0.15) is 18.8 Å². The second-order valence-corrected chi connectivity index (χ2v) is 14.2. The molecule has 0 amide bonds. The maximum Gasteiger partial charge on any atom is 0.522 e.